The molecule has 1 aliphatic carbocycles. The van der Waals surface area contributed by atoms with Gasteiger partial charge in [-0.15, -0.1) is 0 Å². The van der Waals surface area contributed by atoms with Crippen molar-refractivity contribution in [2.24, 2.45) is 0 Å². The first-order chi connectivity index (χ1) is 19.8. The molecular formula is C37H27N3. The molecule has 190 valence electrons. The number of hydrogen-bond acceptors (Lipinski definition) is 2. The minimum absolute atomic E-state index is 0.861. The molecule has 2 heterocycles. The molecule has 0 saturated carbocycles. The van der Waals surface area contributed by atoms with Gasteiger partial charge in [-0.05, 0) is 71.8 Å². The lowest BCUT2D eigenvalue weighted by molar-refractivity contribution is 1.07. The van der Waals surface area contributed by atoms with Crippen LogP contribution >= 0.6 is 0 Å². The molecule has 1 aromatic heterocycles. The molecule has 0 unspecified atom stereocenters. The third-order valence-electron chi connectivity index (χ3n) is 7.93. The van der Waals surface area contributed by atoms with E-state index in [0.29, 0.717) is 0 Å². The fourth-order valence-electron chi connectivity index (χ4n) is 6.21. The number of nitrogens with zero attached hydrogens (tertiary/aromatic N) is 2. The first-order valence-electron chi connectivity index (χ1n) is 13.8. The molecule has 3 nitrogen and oxygen atoms in total. The summed E-state index contributed by atoms with van der Waals surface area (Å²) in [6, 6.07) is 45.4. The summed E-state index contributed by atoms with van der Waals surface area (Å²) in [5.41, 5.74) is 13.3. The van der Waals surface area contributed by atoms with Crippen LogP contribution in [-0.2, 0) is 6.42 Å². The Morgan fingerprint density at radius 3 is 2.12 bits per heavy atom. The molecule has 1 aliphatic heterocycles. The number of benzene rings is 5. The van der Waals surface area contributed by atoms with Crippen molar-refractivity contribution in [3.05, 3.63) is 156 Å². The first-order valence-corrected chi connectivity index (χ1v) is 13.8. The molecule has 0 fully saturated rings. The van der Waals surface area contributed by atoms with Gasteiger partial charge < -0.3 is 14.8 Å². The summed E-state index contributed by atoms with van der Waals surface area (Å²) >= 11 is 0. The van der Waals surface area contributed by atoms with Crippen LogP contribution in [0, 0.1) is 0 Å². The molecule has 2 bridgehead atoms. The quantitative estimate of drug-likeness (QED) is 0.253. The van der Waals surface area contributed by atoms with Gasteiger partial charge in [-0.3, -0.25) is 0 Å². The van der Waals surface area contributed by atoms with E-state index in [4.69, 9.17) is 0 Å². The van der Waals surface area contributed by atoms with Crippen LogP contribution in [0.4, 0.5) is 22.7 Å². The molecule has 1 N–H and O–H groups in total. The van der Waals surface area contributed by atoms with Gasteiger partial charge in [0.05, 0.1) is 16.9 Å². The van der Waals surface area contributed by atoms with E-state index >= 15 is 0 Å². The maximum absolute atomic E-state index is 3.63. The third-order valence-corrected chi connectivity index (χ3v) is 7.93. The highest BCUT2D eigenvalue weighted by Crippen LogP contribution is 2.51. The van der Waals surface area contributed by atoms with Crippen molar-refractivity contribution in [2.75, 3.05) is 10.2 Å². The van der Waals surface area contributed by atoms with Crippen molar-refractivity contribution >= 4 is 39.7 Å². The number of rotatable bonds is 4. The Balaban J connectivity index is 1.50. The Morgan fingerprint density at radius 1 is 0.625 bits per heavy atom. The Morgan fingerprint density at radius 2 is 1.35 bits per heavy atom. The second kappa shape index (κ2) is 9.18. The minimum Gasteiger partial charge on any atom is -0.356 e. The van der Waals surface area contributed by atoms with Gasteiger partial charge in [-0.25, -0.2) is 0 Å². The molecule has 0 atom stereocenters. The SMILES string of the molecule is C1=Cc2cccc3c2CC(=C1)N(c1ccccc1)c1c-3n(-c2ccccc2)c2ccc(Nc3ccccc3)cc12. The Labute approximate surface area is 234 Å². The maximum atomic E-state index is 3.63. The minimum atomic E-state index is 0.861. The van der Waals surface area contributed by atoms with E-state index in [0.717, 1.165) is 29.2 Å². The lowest BCUT2D eigenvalue weighted by Crippen LogP contribution is -2.17. The zero-order valence-electron chi connectivity index (χ0n) is 22.0. The van der Waals surface area contributed by atoms with Crippen LogP contribution in [0.15, 0.2) is 145 Å². The molecule has 40 heavy (non-hydrogen) atoms. The first kappa shape index (κ1) is 22.7. The summed E-state index contributed by atoms with van der Waals surface area (Å²) in [6.45, 7) is 0. The molecular weight excluding hydrogens is 486 g/mol. The van der Waals surface area contributed by atoms with Gasteiger partial charge in [0.25, 0.3) is 0 Å². The maximum Gasteiger partial charge on any atom is 0.0801 e. The van der Waals surface area contributed by atoms with Gasteiger partial charge >= 0.3 is 0 Å². The topological polar surface area (TPSA) is 20.2 Å². The number of para-hydroxylation sites is 3. The van der Waals surface area contributed by atoms with Gasteiger partial charge in [0.1, 0.15) is 0 Å². The van der Waals surface area contributed by atoms with Crippen molar-refractivity contribution in [1.29, 1.82) is 0 Å². The van der Waals surface area contributed by atoms with Crippen LogP contribution in [0.2, 0.25) is 0 Å². The largest absolute Gasteiger partial charge is 0.356 e. The number of nitrogens with one attached hydrogen (secondary N) is 1. The molecule has 0 spiro atoms. The molecule has 3 heteroatoms. The number of fused-ring (bicyclic) bond motifs is 5. The number of hydrogen-bond donors (Lipinski definition) is 1. The molecule has 0 amide bonds. The van der Waals surface area contributed by atoms with Gasteiger partial charge in [-0.2, -0.15) is 0 Å². The summed E-state index contributed by atoms with van der Waals surface area (Å²) in [4.78, 5) is 2.48. The Kier molecular flexibility index (Phi) is 5.20. The lowest BCUT2D eigenvalue weighted by atomic mass is 9.96. The second-order valence-corrected chi connectivity index (χ2v) is 10.3. The van der Waals surface area contributed by atoms with Gasteiger partial charge in [0.2, 0.25) is 0 Å². The number of anilines is 4. The van der Waals surface area contributed by atoms with Crippen molar-refractivity contribution < 1.29 is 0 Å². The highest BCUT2D eigenvalue weighted by atomic mass is 15.2. The summed E-state index contributed by atoms with van der Waals surface area (Å²) in [6.07, 6.45) is 7.59. The van der Waals surface area contributed by atoms with Crippen molar-refractivity contribution in [1.82, 2.24) is 4.57 Å². The van der Waals surface area contributed by atoms with Crippen molar-refractivity contribution in [2.45, 2.75) is 6.42 Å². The summed E-state index contributed by atoms with van der Waals surface area (Å²) in [5.74, 6) is 0. The van der Waals surface area contributed by atoms with Crippen molar-refractivity contribution in [3.8, 4) is 16.9 Å². The van der Waals surface area contributed by atoms with Crippen LogP contribution in [-0.4, -0.2) is 4.57 Å². The summed E-state index contributed by atoms with van der Waals surface area (Å²) < 4.78 is 2.45. The molecule has 8 rings (SSSR count). The lowest BCUT2D eigenvalue weighted by Gasteiger charge is -2.27. The molecule has 0 radical (unpaired) electrons. The zero-order valence-corrected chi connectivity index (χ0v) is 22.0. The van der Waals surface area contributed by atoms with Crippen LogP contribution in [0.1, 0.15) is 11.1 Å². The van der Waals surface area contributed by atoms with E-state index in [2.05, 4.69) is 154 Å². The van der Waals surface area contributed by atoms with Gasteiger partial charge in [0, 0.05) is 45.8 Å². The average molecular weight is 514 g/mol. The monoisotopic (exact) mass is 513 g/mol. The summed E-state index contributed by atoms with van der Waals surface area (Å²) in [7, 11) is 0. The second-order valence-electron chi connectivity index (χ2n) is 10.3. The van der Waals surface area contributed by atoms with E-state index < -0.39 is 0 Å². The van der Waals surface area contributed by atoms with E-state index in [1.165, 1.54) is 44.7 Å². The Bertz CT molecular complexity index is 1930. The normalized spacial score (nSPS) is 13.4. The standard InChI is InChI=1S/C37H27N3/c1-4-14-27(15-5-1)38-28-22-23-35-34(24-28)37-36(40(35)30-18-8-3-9-19-30)32-21-11-13-26-12-10-20-31(25-33(26)32)39(37)29-16-6-2-7-17-29/h1-24,38H,25H2. The third kappa shape index (κ3) is 3.59. The average Bonchev–Trinajstić information content (AvgIpc) is 3.11. The molecule has 2 aliphatic rings. The van der Waals surface area contributed by atoms with Crippen LogP contribution in [0.5, 0.6) is 0 Å². The fraction of sp³-hybridized carbons (Fsp3) is 0.0270. The van der Waals surface area contributed by atoms with Crippen LogP contribution in [0.25, 0.3) is 33.9 Å². The zero-order chi connectivity index (χ0) is 26.5. The smallest absolute Gasteiger partial charge is 0.0801 e. The van der Waals surface area contributed by atoms with Gasteiger partial charge in [-0.1, -0.05) is 84.9 Å². The van der Waals surface area contributed by atoms with E-state index in [9.17, 15) is 0 Å². The fourth-order valence-corrected chi connectivity index (χ4v) is 6.21. The predicted molar refractivity (Wildman–Crippen MR) is 168 cm³/mol. The van der Waals surface area contributed by atoms with E-state index in [1.54, 1.807) is 0 Å². The molecule has 5 aromatic carbocycles. The van der Waals surface area contributed by atoms with Crippen molar-refractivity contribution in [3.63, 3.8) is 0 Å². The van der Waals surface area contributed by atoms with E-state index in [1.807, 2.05) is 6.07 Å². The number of aromatic nitrogens is 1. The predicted octanol–water partition coefficient (Wildman–Crippen LogP) is 9.65. The number of allylic oxidation sites excluding steroid dienone is 3. The summed E-state index contributed by atoms with van der Waals surface area (Å²) in [5, 5.41) is 4.84. The Hall–Kier alpha value is -5.28. The highest BCUT2D eigenvalue weighted by Gasteiger charge is 2.32. The van der Waals surface area contributed by atoms with Crippen LogP contribution in [0.3, 0.4) is 0 Å². The van der Waals surface area contributed by atoms with E-state index in [-0.39, 0.29) is 0 Å². The van der Waals surface area contributed by atoms with Crippen LogP contribution < -0.4 is 10.2 Å². The van der Waals surface area contributed by atoms with Gasteiger partial charge in [0.15, 0.2) is 0 Å². The molecule has 0 saturated heterocycles. The highest BCUT2D eigenvalue weighted by molar-refractivity contribution is 6.09. The molecule has 6 aromatic rings.